The average Bonchev–Trinajstić information content (AvgIpc) is 2.65. The molecule has 17 heavy (non-hydrogen) atoms. The summed E-state index contributed by atoms with van der Waals surface area (Å²) in [6, 6.07) is 0. The smallest absolute Gasteiger partial charge is 0.351 e. The highest BCUT2D eigenvalue weighted by Gasteiger charge is 2.34. The number of halogens is 1. The van der Waals surface area contributed by atoms with Gasteiger partial charge in [-0.15, -0.1) is 0 Å². The van der Waals surface area contributed by atoms with Crippen LogP contribution in [0.25, 0.3) is 0 Å². The molecule has 1 aliphatic heterocycles. The first-order chi connectivity index (χ1) is 8.02. The van der Waals surface area contributed by atoms with Gasteiger partial charge < -0.3 is 16.2 Å². The number of aliphatic hydroxyl groups excluding tert-OH is 1. The molecule has 1 aliphatic rings. The van der Waals surface area contributed by atoms with Gasteiger partial charge >= 0.3 is 5.69 Å². The van der Waals surface area contributed by atoms with Gasteiger partial charge in [-0.2, -0.15) is 4.98 Å². The van der Waals surface area contributed by atoms with Crippen LogP contribution in [0.5, 0.6) is 0 Å². The molecular weight excluding hydrogens is 251 g/mol. The zero-order chi connectivity index (χ0) is 12.6. The predicted molar refractivity (Wildman–Crippen MR) is 58.5 cm³/mol. The van der Waals surface area contributed by atoms with Gasteiger partial charge in [0.15, 0.2) is 17.0 Å². The maximum Gasteiger partial charge on any atom is 0.351 e. The zero-order valence-corrected chi connectivity index (χ0v) is 9.28. The van der Waals surface area contributed by atoms with E-state index in [1.807, 2.05) is 0 Å². The highest BCUT2D eigenvalue weighted by molar-refractivity contribution is 8.01. The van der Waals surface area contributed by atoms with Crippen LogP contribution in [0.2, 0.25) is 0 Å². The molecule has 1 amide bonds. The van der Waals surface area contributed by atoms with E-state index in [-0.39, 0.29) is 6.61 Å². The van der Waals surface area contributed by atoms with Crippen LogP contribution in [0.3, 0.4) is 0 Å². The number of carbonyl (C=O) groups is 1. The Hall–Kier alpha value is -1.61. The van der Waals surface area contributed by atoms with Crippen molar-refractivity contribution < 1.29 is 14.3 Å². The molecule has 0 radical (unpaired) electrons. The van der Waals surface area contributed by atoms with E-state index in [4.69, 9.17) is 10.8 Å². The molecule has 0 saturated carbocycles. The molecule has 0 bridgehead atoms. The fourth-order valence-corrected chi connectivity index (χ4v) is 2.44. The van der Waals surface area contributed by atoms with Gasteiger partial charge in [0.1, 0.15) is 5.37 Å². The van der Waals surface area contributed by atoms with Gasteiger partial charge in [-0.05, 0) is 0 Å². The van der Waals surface area contributed by atoms with E-state index in [0.717, 1.165) is 22.5 Å². The Kier molecular flexibility index (Phi) is 3.03. The molecule has 4 N–H and O–H groups in total. The third-order valence-corrected chi connectivity index (χ3v) is 3.47. The van der Waals surface area contributed by atoms with Gasteiger partial charge in [0.25, 0.3) is 5.91 Å². The van der Waals surface area contributed by atoms with Crippen LogP contribution in [0.1, 0.15) is 5.37 Å². The summed E-state index contributed by atoms with van der Waals surface area (Å²) in [4.78, 5) is 26.2. The maximum absolute atomic E-state index is 13.2. The molecule has 1 aromatic rings. The number of amides is 1. The van der Waals surface area contributed by atoms with Crippen molar-refractivity contribution in [2.24, 2.45) is 0 Å². The number of aromatic nitrogens is 2. The molecule has 1 aromatic heterocycles. The molecule has 7 nitrogen and oxygen atoms in total. The largest absolute Gasteiger partial charge is 0.393 e. The Morgan fingerprint density at radius 3 is 2.94 bits per heavy atom. The third-order valence-electron chi connectivity index (χ3n) is 2.17. The number of hydrogen-bond acceptors (Lipinski definition) is 6. The van der Waals surface area contributed by atoms with Crippen molar-refractivity contribution in [3.05, 3.63) is 22.5 Å². The van der Waals surface area contributed by atoms with E-state index in [1.54, 1.807) is 0 Å². The normalized spacial score (nSPS) is 23.8. The molecule has 9 heteroatoms. The number of aliphatic hydroxyl groups is 1. The van der Waals surface area contributed by atoms with Gasteiger partial charge in [-0.25, -0.2) is 9.18 Å². The molecule has 1 fully saturated rings. The van der Waals surface area contributed by atoms with Crippen LogP contribution in [-0.2, 0) is 4.79 Å². The molecule has 0 aromatic carbocycles. The first kappa shape index (κ1) is 11.9. The second kappa shape index (κ2) is 4.34. The number of hydrogen-bond donors (Lipinski definition) is 3. The number of thioether (sulfide) groups is 1. The lowest BCUT2D eigenvalue weighted by Gasteiger charge is -2.10. The third kappa shape index (κ3) is 2.11. The van der Waals surface area contributed by atoms with Crippen LogP contribution in [0.4, 0.5) is 10.2 Å². The lowest BCUT2D eigenvalue weighted by molar-refractivity contribution is -0.121. The number of anilines is 1. The van der Waals surface area contributed by atoms with Crippen molar-refractivity contribution in [1.29, 1.82) is 0 Å². The van der Waals surface area contributed by atoms with E-state index >= 15 is 0 Å². The quantitative estimate of drug-likeness (QED) is 0.606. The van der Waals surface area contributed by atoms with Crippen LogP contribution < -0.4 is 16.7 Å². The second-order valence-electron chi connectivity index (χ2n) is 3.33. The van der Waals surface area contributed by atoms with Gasteiger partial charge in [-0.1, -0.05) is 11.8 Å². The summed E-state index contributed by atoms with van der Waals surface area (Å²) in [6.07, 6.45) is 0.835. The molecule has 0 aliphatic carbocycles. The van der Waals surface area contributed by atoms with E-state index < -0.39 is 34.0 Å². The van der Waals surface area contributed by atoms with E-state index in [2.05, 4.69) is 10.3 Å². The van der Waals surface area contributed by atoms with Crippen molar-refractivity contribution in [2.75, 3.05) is 12.3 Å². The number of carbonyl (C=O) groups excluding carboxylic acids is 1. The summed E-state index contributed by atoms with van der Waals surface area (Å²) in [5.41, 5.74) is 4.32. The highest BCUT2D eigenvalue weighted by atomic mass is 32.2. The SMILES string of the molecule is Nc1nc(=O)n([C@@H]2S[C@H](CO)NC2=O)cc1F. The Morgan fingerprint density at radius 2 is 2.35 bits per heavy atom. The zero-order valence-electron chi connectivity index (χ0n) is 8.46. The highest BCUT2D eigenvalue weighted by Crippen LogP contribution is 2.31. The molecule has 0 unspecified atom stereocenters. The average molecular weight is 260 g/mol. The summed E-state index contributed by atoms with van der Waals surface area (Å²) in [5.74, 6) is -1.86. The number of rotatable bonds is 2. The number of nitrogens with one attached hydrogen (secondary N) is 1. The van der Waals surface area contributed by atoms with Crippen LogP contribution in [-0.4, -0.2) is 32.5 Å². The maximum atomic E-state index is 13.2. The van der Waals surface area contributed by atoms with Crippen molar-refractivity contribution in [2.45, 2.75) is 10.7 Å². The van der Waals surface area contributed by atoms with E-state index in [1.165, 1.54) is 0 Å². The fourth-order valence-electron chi connectivity index (χ4n) is 1.39. The Labute approximate surface area is 98.8 Å². The monoisotopic (exact) mass is 260 g/mol. The predicted octanol–water partition coefficient (Wildman–Crippen LogP) is -1.36. The van der Waals surface area contributed by atoms with Crippen molar-refractivity contribution in [3.8, 4) is 0 Å². The van der Waals surface area contributed by atoms with Crippen LogP contribution in [0, 0.1) is 5.82 Å². The number of nitrogens with zero attached hydrogens (tertiary/aromatic N) is 2. The van der Waals surface area contributed by atoms with E-state index in [9.17, 15) is 14.0 Å². The summed E-state index contributed by atoms with van der Waals surface area (Å²) in [7, 11) is 0. The van der Waals surface area contributed by atoms with Crippen molar-refractivity contribution in [3.63, 3.8) is 0 Å². The van der Waals surface area contributed by atoms with Gasteiger partial charge in [0.2, 0.25) is 0 Å². The molecule has 2 rings (SSSR count). The molecular formula is C8H9FN4O3S. The topological polar surface area (TPSA) is 110 Å². The Morgan fingerprint density at radius 1 is 1.65 bits per heavy atom. The minimum absolute atomic E-state index is 0.271. The van der Waals surface area contributed by atoms with Crippen molar-refractivity contribution in [1.82, 2.24) is 14.9 Å². The lowest BCUT2D eigenvalue weighted by Crippen LogP contribution is -2.33. The van der Waals surface area contributed by atoms with Crippen LogP contribution >= 0.6 is 11.8 Å². The number of nitrogen functional groups attached to an aromatic ring is 1. The molecule has 0 spiro atoms. The minimum Gasteiger partial charge on any atom is -0.393 e. The molecule has 92 valence electrons. The van der Waals surface area contributed by atoms with Gasteiger partial charge in [0, 0.05) is 0 Å². The summed E-state index contributed by atoms with van der Waals surface area (Å²) in [6.45, 7) is -0.271. The summed E-state index contributed by atoms with van der Waals surface area (Å²) < 4.78 is 14.0. The lowest BCUT2D eigenvalue weighted by atomic mass is 10.5. The first-order valence-electron chi connectivity index (χ1n) is 4.64. The first-order valence-corrected chi connectivity index (χ1v) is 5.58. The second-order valence-corrected chi connectivity index (χ2v) is 4.62. The molecule has 2 heterocycles. The van der Waals surface area contributed by atoms with Crippen molar-refractivity contribution >= 4 is 23.5 Å². The van der Waals surface area contributed by atoms with Crippen LogP contribution in [0.15, 0.2) is 11.0 Å². The minimum atomic E-state index is -0.942. The Balaban J connectivity index is 2.38. The number of nitrogens with two attached hydrogens (primary N) is 1. The Bertz CT molecular complexity index is 520. The van der Waals surface area contributed by atoms with E-state index in [0.29, 0.717) is 0 Å². The molecule has 1 saturated heterocycles. The standard InChI is InChI=1S/C8H9FN4O3S/c9-3-1-13(8(16)12-5(3)10)7-6(15)11-4(2-14)17-7/h1,4,7,14H,2H2,(H,11,15)(H2,10,12,16)/t4-,7-/m1/s1. The molecule has 2 atom stereocenters. The van der Waals surface area contributed by atoms with Gasteiger partial charge in [-0.3, -0.25) is 9.36 Å². The van der Waals surface area contributed by atoms with Gasteiger partial charge in [0.05, 0.1) is 12.8 Å². The fraction of sp³-hybridized carbons (Fsp3) is 0.375. The summed E-state index contributed by atoms with van der Waals surface area (Å²) >= 11 is 1.01. The summed E-state index contributed by atoms with van der Waals surface area (Å²) in [5, 5.41) is 9.87.